The molecule has 0 bridgehead atoms. The van der Waals surface area contributed by atoms with Crippen LogP contribution in [-0.2, 0) is 11.2 Å². The molecule has 0 heterocycles. The van der Waals surface area contributed by atoms with Gasteiger partial charge in [0.1, 0.15) is 0 Å². The van der Waals surface area contributed by atoms with Crippen molar-refractivity contribution in [2.24, 2.45) is 0 Å². The number of rotatable bonds is 7. The van der Waals surface area contributed by atoms with Gasteiger partial charge in [-0.1, -0.05) is 42.5 Å². The summed E-state index contributed by atoms with van der Waals surface area (Å²) in [6.45, 7) is 4.68. The van der Waals surface area contributed by atoms with E-state index in [1.165, 1.54) is 7.11 Å². The van der Waals surface area contributed by atoms with E-state index in [2.05, 4.69) is 19.2 Å². The summed E-state index contributed by atoms with van der Waals surface area (Å²) in [6.07, 6.45) is 0.253. The van der Waals surface area contributed by atoms with E-state index in [4.69, 9.17) is 4.74 Å². The Bertz CT molecular complexity index is 650. The van der Waals surface area contributed by atoms with Crippen LogP contribution < -0.4 is 5.32 Å². The predicted molar refractivity (Wildman–Crippen MR) is 95.0 cm³/mol. The topological polar surface area (TPSA) is 58.6 Å². The third-order valence-electron chi connectivity index (χ3n) is 3.98. The summed E-state index contributed by atoms with van der Waals surface area (Å²) in [6, 6.07) is 17.0. The first-order valence-electron chi connectivity index (χ1n) is 8.06. The molecule has 0 aromatic heterocycles. The van der Waals surface area contributed by atoms with Crippen LogP contribution in [0.2, 0.25) is 0 Å². The zero-order valence-electron chi connectivity index (χ0n) is 14.5. The standard InChI is InChI=1S/C20H25NO3/c1-20(2,21-14-18(22)16-7-5-4-6-8-16)13-15-9-11-17(12-10-15)19(23)24-3/h4-12,18,21-22H,13-14H2,1-3H3. The van der Waals surface area contributed by atoms with Crippen molar-refractivity contribution in [3.8, 4) is 0 Å². The van der Waals surface area contributed by atoms with Crippen molar-refractivity contribution in [3.05, 3.63) is 71.3 Å². The van der Waals surface area contributed by atoms with E-state index < -0.39 is 6.10 Å². The molecule has 0 fully saturated rings. The molecule has 4 nitrogen and oxygen atoms in total. The van der Waals surface area contributed by atoms with Crippen molar-refractivity contribution in [2.75, 3.05) is 13.7 Å². The van der Waals surface area contributed by atoms with Gasteiger partial charge >= 0.3 is 5.97 Å². The van der Waals surface area contributed by atoms with Gasteiger partial charge in [-0.15, -0.1) is 0 Å². The average molecular weight is 327 g/mol. The van der Waals surface area contributed by atoms with E-state index in [0.29, 0.717) is 12.1 Å². The number of hydrogen-bond donors (Lipinski definition) is 2. The predicted octanol–water partition coefficient (Wildman–Crippen LogP) is 3.12. The summed E-state index contributed by atoms with van der Waals surface area (Å²) in [7, 11) is 1.38. The van der Waals surface area contributed by atoms with Crippen LogP contribution in [0, 0.1) is 0 Å². The zero-order chi connectivity index (χ0) is 17.6. The van der Waals surface area contributed by atoms with Gasteiger partial charge in [0.05, 0.1) is 18.8 Å². The molecule has 0 aliphatic rings. The second-order valence-electron chi connectivity index (χ2n) is 6.56. The van der Waals surface area contributed by atoms with Crippen molar-refractivity contribution < 1.29 is 14.6 Å². The zero-order valence-corrected chi connectivity index (χ0v) is 14.5. The van der Waals surface area contributed by atoms with Gasteiger partial charge in [0, 0.05) is 12.1 Å². The minimum absolute atomic E-state index is 0.178. The molecule has 4 heteroatoms. The Balaban J connectivity index is 1.92. The fourth-order valence-electron chi connectivity index (χ4n) is 2.62. The molecule has 1 atom stereocenters. The maximum Gasteiger partial charge on any atom is 0.337 e. The molecule has 2 rings (SSSR count). The van der Waals surface area contributed by atoms with E-state index in [-0.39, 0.29) is 11.5 Å². The number of aliphatic hydroxyl groups excluding tert-OH is 1. The first kappa shape index (κ1) is 18.2. The van der Waals surface area contributed by atoms with Crippen LogP contribution in [0.5, 0.6) is 0 Å². The third-order valence-corrected chi connectivity index (χ3v) is 3.98. The molecule has 0 aliphatic carbocycles. The molecule has 0 saturated carbocycles. The molecule has 128 valence electrons. The number of esters is 1. The minimum Gasteiger partial charge on any atom is -0.465 e. The molecule has 1 unspecified atom stereocenters. The van der Waals surface area contributed by atoms with Crippen LogP contribution >= 0.6 is 0 Å². The quantitative estimate of drug-likeness (QED) is 0.767. The van der Waals surface area contributed by atoms with Gasteiger partial charge < -0.3 is 15.2 Å². The minimum atomic E-state index is -0.535. The SMILES string of the molecule is COC(=O)c1ccc(CC(C)(C)NCC(O)c2ccccc2)cc1. The van der Waals surface area contributed by atoms with Crippen LogP contribution in [0.1, 0.15) is 41.4 Å². The maximum absolute atomic E-state index is 11.5. The van der Waals surface area contributed by atoms with Gasteiger partial charge in [-0.2, -0.15) is 0 Å². The number of benzene rings is 2. The van der Waals surface area contributed by atoms with E-state index in [1.54, 1.807) is 12.1 Å². The summed E-state index contributed by atoms with van der Waals surface area (Å²) < 4.78 is 4.70. The Morgan fingerprint density at radius 2 is 1.75 bits per heavy atom. The Morgan fingerprint density at radius 3 is 2.33 bits per heavy atom. The second-order valence-corrected chi connectivity index (χ2v) is 6.56. The molecular weight excluding hydrogens is 302 g/mol. The highest BCUT2D eigenvalue weighted by atomic mass is 16.5. The molecule has 2 N–H and O–H groups in total. The van der Waals surface area contributed by atoms with E-state index in [1.807, 2.05) is 42.5 Å². The highest BCUT2D eigenvalue weighted by molar-refractivity contribution is 5.89. The van der Waals surface area contributed by atoms with Crippen molar-refractivity contribution in [1.82, 2.24) is 5.32 Å². The first-order chi connectivity index (χ1) is 11.4. The number of methoxy groups -OCH3 is 1. The lowest BCUT2D eigenvalue weighted by molar-refractivity contribution is 0.0600. The fraction of sp³-hybridized carbons (Fsp3) is 0.350. The van der Waals surface area contributed by atoms with Gasteiger partial charge in [-0.05, 0) is 43.5 Å². The average Bonchev–Trinajstić information content (AvgIpc) is 2.60. The lowest BCUT2D eigenvalue weighted by Gasteiger charge is -2.28. The number of nitrogens with one attached hydrogen (secondary N) is 1. The van der Waals surface area contributed by atoms with Crippen LogP contribution in [0.25, 0.3) is 0 Å². The summed E-state index contributed by atoms with van der Waals surface area (Å²) in [5.74, 6) is -0.329. The smallest absolute Gasteiger partial charge is 0.337 e. The van der Waals surface area contributed by atoms with Crippen LogP contribution in [0.15, 0.2) is 54.6 Å². The molecule has 24 heavy (non-hydrogen) atoms. The van der Waals surface area contributed by atoms with Crippen LogP contribution in [-0.4, -0.2) is 30.3 Å². The number of β-amino-alcohol motifs (C(OH)–C–C–N with tert-alkyl or cyclic N) is 1. The third kappa shape index (κ3) is 5.18. The van der Waals surface area contributed by atoms with Crippen molar-refractivity contribution in [2.45, 2.75) is 31.9 Å². The lowest BCUT2D eigenvalue weighted by Crippen LogP contribution is -2.43. The largest absolute Gasteiger partial charge is 0.465 e. The lowest BCUT2D eigenvalue weighted by atomic mass is 9.94. The molecule has 0 spiro atoms. The van der Waals surface area contributed by atoms with Gasteiger partial charge in [0.15, 0.2) is 0 Å². The second kappa shape index (κ2) is 8.08. The summed E-state index contributed by atoms with van der Waals surface area (Å²) in [5.41, 5.74) is 2.40. The summed E-state index contributed by atoms with van der Waals surface area (Å²) >= 11 is 0. The molecule has 0 saturated heterocycles. The van der Waals surface area contributed by atoms with E-state index >= 15 is 0 Å². The van der Waals surface area contributed by atoms with E-state index in [9.17, 15) is 9.90 Å². The maximum atomic E-state index is 11.5. The molecular formula is C20H25NO3. The number of carbonyl (C=O) groups excluding carboxylic acids is 1. The molecule has 0 amide bonds. The van der Waals surface area contributed by atoms with E-state index in [0.717, 1.165) is 17.5 Å². The number of hydrogen-bond acceptors (Lipinski definition) is 4. The summed E-state index contributed by atoms with van der Waals surface area (Å²) in [5, 5.41) is 13.7. The van der Waals surface area contributed by atoms with Gasteiger partial charge in [-0.25, -0.2) is 4.79 Å². The highest BCUT2D eigenvalue weighted by Crippen LogP contribution is 2.17. The Morgan fingerprint density at radius 1 is 1.12 bits per heavy atom. The number of aliphatic hydroxyl groups is 1. The van der Waals surface area contributed by atoms with Crippen molar-refractivity contribution in [1.29, 1.82) is 0 Å². The van der Waals surface area contributed by atoms with Gasteiger partial charge in [-0.3, -0.25) is 0 Å². The monoisotopic (exact) mass is 327 g/mol. The summed E-state index contributed by atoms with van der Waals surface area (Å²) in [4.78, 5) is 11.5. The van der Waals surface area contributed by atoms with Crippen LogP contribution in [0.3, 0.4) is 0 Å². The van der Waals surface area contributed by atoms with Crippen molar-refractivity contribution in [3.63, 3.8) is 0 Å². The van der Waals surface area contributed by atoms with Crippen LogP contribution in [0.4, 0.5) is 0 Å². The first-order valence-corrected chi connectivity index (χ1v) is 8.06. The molecule has 2 aromatic carbocycles. The van der Waals surface area contributed by atoms with Crippen molar-refractivity contribution >= 4 is 5.97 Å². The Labute approximate surface area is 143 Å². The van der Waals surface area contributed by atoms with Gasteiger partial charge in [0.25, 0.3) is 0 Å². The molecule has 0 radical (unpaired) electrons. The van der Waals surface area contributed by atoms with Gasteiger partial charge in [0.2, 0.25) is 0 Å². The molecule has 2 aromatic rings. The molecule has 0 aliphatic heterocycles. The fourth-order valence-corrected chi connectivity index (χ4v) is 2.62. The number of ether oxygens (including phenoxy) is 1. The number of carbonyl (C=O) groups is 1. The normalized spacial score (nSPS) is 12.7. The Kier molecular flexibility index (Phi) is 6.12. The highest BCUT2D eigenvalue weighted by Gasteiger charge is 2.20. The Hall–Kier alpha value is -2.17.